The van der Waals surface area contributed by atoms with Crippen molar-refractivity contribution in [2.24, 2.45) is 0 Å². The van der Waals surface area contributed by atoms with Gasteiger partial charge in [0.15, 0.2) is 0 Å². The molecule has 0 aliphatic heterocycles. The minimum atomic E-state index is -2.78. The van der Waals surface area contributed by atoms with Crippen LogP contribution in [0.2, 0.25) is 0 Å². The predicted molar refractivity (Wildman–Crippen MR) is 66.8 cm³/mol. The van der Waals surface area contributed by atoms with Crippen LogP contribution in [0.4, 0.5) is 14.5 Å². The standard InChI is InChI=1S/C12H14F2N2O4/c1-8-3-2-4-9(16(19)20)11(8)12(18)15(5-6-17)7-10(13)14/h2-4,10,17H,5-7H2,1H3. The summed E-state index contributed by atoms with van der Waals surface area (Å²) >= 11 is 0. The summed E-state index contributed by atoms with van der Waals surface area (Å²) in [5.74, 6) is -0.885. The fourth-order valence-electron chi connectivity index (χ4n) is 1.80. The summed E-state index contributed by atoms with van der Waals surface area (Å²) in [5.41, 5.74) is -0.347. The minimum absolute atomic E-state index is 0.230. The summed E-state index contributed by atoms with van der Waals surface area (Å²) in [7, 11) is 0. The fourth-order valence-corrected chi connectivity index (χ4v) is 1.80. The number of aliphatic hydroxyl groups excluding tert-OH is 1. The Balaban J connectivity index is 3.20. The minimum Gasteiger partial charge on any atom is -0.395 e. The van der Waals surface area contributed by atoms with Gasteiger partial charge in [-0.2, -0.15) is 0 Å². The van der Waals surface area contributed by atoms with E-state index in [0.29, 0.717) is 10.5 Å². The zero-order chi connectivity index (χ0) is 15.3. The highest BCUT2D eigenvalue weighted by molar-refractivity contribution is 5.99. The largest absolute Gasteiger partial charge is 0.395 e. The first-order chi connectivity index (χ1) is 9.38. The lowest BCUT2D eigenvalue weighted by Crippen LogP contribution is -2.37. The average Bonchev–Trinajstić information content (AvgIpc) is 2.36. The van der Waals surface area contributed by atoms with E-state index >= 15 is 0 Å². The number of rotatable bonds is 6. The molecule has 0 aliphatic carbocycles. The van der Waals surface area contributed by atoms with E-state index in [1.54, 1.807) is 0 Å². The molecule has 110 valence electrons. The van der Waals surface area contributed by atoms with E-state index in [2.05, 4.69) is 0 Å². The number of nitro benzene ring substituents is 1. The molecule has 0 fully saturated rings. The molecule has 20 heavy (non-hydrogen) atoms. The summed E-state index contributed by atoms with van der Waals surface area (Å²) in [5, 5.41) is 19.7. The lowest BCUT2D eigenvalue weighted by Gasteiger charge is -2.22. The molecule has 0 spiro atoms. The molecule has 1 amide bonds. The summed E-state index contributed by atoms with van der Waals surface area (Å²) in [6.07, 6.45) is -2.78. The number of benzene rings is 1. The number of hydrogen-bond acceptors (Lipinski definition) is 4. The Labute approximate surface area is 113 Å². The SMILES string of the molecule is Cc1cccc([N+](=O)[O-])c1C(=O)N(CCO)CC(F)F. The molecule has 6 nitrogen and oxygen atoms in total. The second-order valence-electron chi connectivity index (χ2n) is 4.09. The molecular formula is C12H14F2N2O4. The van der Waals surface area contributed by atoms with E-state index in [9.17, 15) is 23.7 Å². The highest BCUT2D eigenvalue weighted by Crippen LogP contribution is 2.23. The highest BCUT2D eigenvalue weighted by atomic mass is 19.3. The summed E-state index contributed by atoms with van der Waals surface area (Å²) in [6, 6.07) is 4.03. The van der Waals surface area contributed by atoms with E-state index in [0.717, 1.165) is 6.07 Å². The first kappa shape index (κ1) is 16.0. The van der Waals surface area contributed by atoms with Gasteiger partial charge in [0.05, 0.1) is 18.1 Å². The number of nitro groups is 1. The molecule has 0 aromatic heterocycles. The molecule has 0 radical (unpaired) electrons. The van der Waals surface area contributed by atoms with Gasteiger partial charge >= 0.3 is 0 Å². The Morgan fingerprint density at radius 1 is 1.50 bits per heavy atom. The Hall–Kier alpha value is -2.09. The first-order valence-electron chi connectivity index (χ1n) is 5.80. The maximum absolute atomic E-state index is 12.4. The molecular weight excluding hydrogens is 274 g/mol. The number of halogens is 2. The van der Waals surface area contributed by atoms with Gasteiger partial charge in [-0.25, -0.2) is 8.78 Å². The fraction of sp³-hybridized carbons (Fsp3) is 0.417. The quantitative estimate of drug-likeness (QED) is 0.636. The monoisotopic (exact) mass is 288 g/mol. The molecule has 0 saturated carbocycles. The molecule has 8 heteroatoms. The van der Waals surface area contributed by atoms with Gasteiger partial charge in [-0.15, -0.1) is 0 Å². The summed E-state index contributed by atoms with van der Waals surface area (Å²) in [6.45, 7) is -0.211. The van der Waals surface area contributed by atoms with Crippen molar-refractivity contribution in [2.45, 2.75) is 13.3 Å². The number of hydrogen-bond donors (Lipinski definition) is 1. The Bertz CT molecular complexity index is 508. The third-order valence-electron chi connectivity index (χ3n) is 2.68. The second-order valence-corrected chi connectivity index (χ2v) is 4.09. The first-order valence-corrected chi connectivity index (χ1v) is 5.80. The van der Waals surface area contributed by atoms with Crippen LogP contribution in [-0.4, -0.2) is 47.0 Å². The molecule has 0 aliphatic rings. The van der Waals surface area contributed by atoms with Crippen molar-refractivity contribution in [1.29, 1.82) is 0 Å². The van der Waals surface area contributed by atoms with Gasteiger partial charge in [0.2, 0.25) is 0 Å². The number of carbonyl (C=O) groups is 1. The van der Waals surface area contributed by atoms with Crippen LogP contribution in [-0.2, 0) is 0 Å². The zero-order valence-electron chi connectivity index (χ0n) is 10.8. The van der Waals surface area contributed by atoms with Crippen LogP contribution in [0.3, 0.4) is 0 Å². The molecule has 1 rings (SSSR count). The molecule has 0 atom stereocenters. The van der Waals surface area contributed by atoms with Gasteiger partial charge in [0.1, 0.15) is 5.56 Å². The van der Waals surface area contributed by atoms with Gasteiger partial charge in [-0.3, -0.25) is 14.9 Å². The van der Waals surface area contributed by atoms with Gasteiger partial charge in [0.25, 0.3) is 18.0 Å². The highest BCUT2D eigenvalue weighted by Gasteiger charge is 2.27. The lowest BCUT2D eigenvalue weighted by molar-refractivity contribution is -0.385. The molecule has 0 saturated heterocycles. The Morgan fingerprint density at radius 2 is 2.15 bits per heavy atom. The summed E-state index contributed by atoms with van der Waals surface area (Å²) < 4.78 is 24.9. The van der Waals surface area contributed by atoms with Crippen molar-refractivity contribution < 1.29 is 23.6 Å². The van der Waals surface area contributed by atoms with Gasteiger partial charge < -0.3 is 10.0 Å². The predicted octanol–water partition coefficient (Wildman–Crippen LogP) is 1.60. The van der Waals surface area contributed by atoms with Crippen LogP contribution in [0.15, 0.2) is 18.2 Å². The van der Waals surface area contributed by atoms with Crippen molar-refractivity contribution in [3.63, 3.8) is 0 Å². The second kappa shape index (κ2) is 6.90. The van der Waals surface area contributed by atoms with Crippen LogP contribution in [0, 0.1) is 17.0 Å². The molecule has 0 unspecified atom stereocenters. The van der Waals surface area contributed by atoms with Crippen LogP contribution in [0.25, 0.3) is 0 Å². The third-order valence-corrected chi connectivity index (χ3v) is 2.68. The van der Waals surface area contributed by atoms with Crippen LogP contribution in [0.1, 0.15) is 15.9 Å². The third kappa shape index (κ3) is 3.70. The lowest BCUT2D eigenvalue weighted by atomic mass is 10.1. The van der Waals surface area contributed by atoms with Crippen molar-refractivity contribution in [3.05, 3.63) is 39.4 Å². The maximum atomic E-state index is 12.4. The van der Waals surface area contributed by atoms with Gasteiger partial charge in [-0.05, 0) is 12.5 Å². The normalized spacial score (nSPS) is 10.7. The van der Waals surface area contributed by atoms with Crippen LogP contribution < -0.4 is 0 Å². The number of carbonyl (C=O) groups excluding carboxylic acids is 1. The number of alkyl halides is 2. The topological polar surface area (TPSA) is 83.7 Å². The van der Waals surface area contributed by atoms with E-state index in [1.807, 2.05) is 0 Å². The van der Waals surface area contributed by atoms with Crippen LogP contribution >= 0.6 is 0 Å². The number of nitrogens with zero attached hydrogens (tertiary/aromatic N) is 2. The van der Waals surface area contributed by atoms with E-state index in [4.69, 9.17) is 5.11 Å². The molecule has 1 N–H and O–H groups in total. The number of aliphatic hydroxyl groups is 1. The van der Waals surface area contributed by atoms with Gasteiger partial charge in [0, 0.05) is 12.6 Å². The smallest absolute Gasteiger partial charge is 0.282 e. The van der Waals surface area contributed by atoms with Crippen LogP contribution in [0.5, 0.6) is 0 Å². The molecule has 0 heterocycles. The van der Waals surface area contributed by atoms with Crippen molar-refractivity contribution in [1.82, 2.24) is 4.90 Å². The van der Waals surface area contributed by atoms with Crippen molar-refractivity contribution >= 4 is 11.6 Å². The molecule has 1 aromatic carbocycles. The molecule has 1 aromatic rings. The van der Waals surface area contributed by atoms with Crippen molar-refractivity contribution in [2.75, 3.05) is 19.7 Å². The Kier molecular flexibility index (Phi) is 5.51. The van der Waals surface area contributed by atoms with Gasteiger partial charge in [-0.1, -0.05) is 12.1 Å². The van der Waals surface area contributed by atoms with E-state index in [1.165, 1.54) is 19.1 Å². The van der Waals surface area contributed by atoms with E-state index < -0.39 is 36.1 Å². The summed E-state index contributed by atoms with van der Waals surface area (Å²) in [4.78, 5) is 23.1. The van der Waals surface area contributed by atoms with E-state index in [-0.39, 0.29) is 12.1 Å². The Morgan fingerprint density at radius 3 is 2.65 bits per heavy atom. The van der Waals surface area contributed by atoms with Crippen molar-refractivity contribution in [3.8, 4) is 0 Å². The average molecular weight is 288 g/mol. The number of amides is 1. The maximum Gasteiger partial charge on any atom is 0.282 e. The zero-order valence-corrected chi connectivity index (χ0v) is 10.8. The number of aryl methyl sites for hydroxylation is 1. The molecule has 0 bridgehead atoms.